The van der Waals surface area contributed by atoms with Gasteiger partial charge >= 0.3 is 6.03 Å². The Balaban J connectivity index is 2.19. The molecule has 0 aliphatic carbocycles. The van der Waals surface area contributed by atoms with Crippen molar-refractivity contribution in [1.29, 1.82) is 5.41 Å². The number of aliphatic hydroxyl groups excluding tert-OH is 1. The minimum Gasteiger partial charge on any atom is -0.512 e. The summed E-state index contributed by atoms with van der Waals surface area (Å²) < 4.78 is 0. The summed E-state index contributed by atoms with van der Waals surface area (Å²) in [7, 11) is 1.74. The Morgan fingerprint density at radius 1 is 1.28 bits per heavy atom. The predicted molar refractivity (Wildman–Crippen MR) is 97.9 cm³/mol. The average Bonchev–Trinajstić information content (AvgIpc) is 2.56. The van der Waals surface area contributed by atoms with E-state index in [-0.39, 0.29) is 23.5 Å². The maximum absolute atomic E-state index is 12.3. The molecule has 0 saturated heterocycles. The molecule has 2 heterocycles. The highest BCUT2D eigenvalue weighted by Crippen LogP contribution is 2.37. The summed E-state index contributed by atoms with van der Waals surface area (Å²) in [4.78, 5) is 18.2. The SMILES string of the molecule is CC(=N)/C(=C(/C)O)c1cc2c(cn1)NC(=O)N(C)[C@H]2c1ccccc1. The van der Waals surface area contributed by atoms with Gasteiger partial charge < -0.3 is 20.7 Å². The van der Waals surface area contributed by atoms with Crippen molar-refractivity contribution in [2.24, 2.45) is 0 Å². The predicted octanol–water partition coefficient (Wildman–Crippen LogP) is 3.98. The van der Waals surface area contributed by atoms with Gasteiger partial charge in [0.05, 0.1) is 29.2 Å². The van der Waals surface area contributed by atoms with Gasteiger partial charge in [-0.05, 0) is 25.5 Å². The molecule has 6 nitrogen and oxygen atoms in total. The molecule has 128 valence electrons. The van der Waals surface area contributed by atoms with Crippen LogP contribution < -0.4 is 5.32 Å². The van der Waals surface area contributed by atoms with Crippen LogP contribution in [-0.4, -0.2) is 33.8 Å². The number of hydrogen-bond acceptors (Lipinski definition) is 4. The third-order valence-corrected chi connectivity index (χ3v) is 4.29. The fourth-order valence-corrected chi connectivity index (χ4v) is 3.15. The van der Waals surface area contributed by atoms with Gasteiger partial charge in [0, 0.05) is 18.3 Å². The van der Waals surface area contributed by atoms with E-state index in [0.29, 0.717) is 17.0 Å². The molecule has 6 heteroatoms. The first-order valence-electron chi connectivity index (χ1n) is 7.94. The first-order chi connectivity index (χ1) is 11.9. The van der Waals surface area contributed by atoms with Crippen molar-refractivity contribution in [1.82, 2.24) is 9.88 Å². The molecule has 1 aliphatic heterocycles. The zero-order chi connectivity index (χ0) is 18.1. The minimum absolute atomic E-state index is 0.0458. The summed E-state index contributed by atoms with van der Waals surface area (Å²) in [5.41, 5.74) is 3.63. The van der Waals surface area contributed by atoms with Crippen LogP contribution in [0.3, 0.4) is 0 Å². The van der Waals surface area contributed by atoms with Crippen molar-refractivity contribution >= 4 is 23.0 Å². The zero-order valence-electron chi connectivity index (χ0n) is 14.4. The molecular formula is C19H20N4O2. The fraction of sp³-hybridized carbons (Fsp3) is 0.211. The minimum atomic E-state index is -0.266. The number of hydrogen-bond donors (Lipinski definition) is 3. The molecule has 0 saturated carbocycles. The fourth-order valence-electron chi connectivity index (χ4n) is 3.15. The van der Waals surface area contributed by atoms with Gasteiger partial charge in [-0.3, -0.25) is 4.98 Å². The molecule has 1 aromatic carbocycles. The zero-order valence-corrected chi connectivity index (χ0v) is 14.4. The highest BCUT2D eigenvalue weighted by atomic mass is 16.3. The molecule has 3 N–H and O–H groups in total. The second-order valence-corrected chi connectivity index (χ2v) is 6.10. The van der Waals surface area contributed by atoms with Crippen LogP contribution in [0, 0.1) is 5.41 Å². The van der Waals surface area contributed by atoms with Crippen LogP contribution in [0.25, 0.3) is 5.57 Å². The number of amides is 2. The third-order valence-electron chi connectivity index (χ3n) is 4.29. The van der Waals surface area contributed by atoms with Crippen LogP contribution in [0.5, 0.6) is 0 Å². The summed E-state index contributed by atoms with van der Waals surface area (Å²) in [6.45, 7) is 3.15. The van der Waals surface area contributed by atoms with E-state index in [9.17, 15) is 9.90 Å². The van der Waals surface area contributed by atoms with Crippen molar-refractivity contribution in [3.63, 3.8) is 0 Å². The van der Waals surface area contributed by atoms with Gasteiger partial charge in [-0.2, -0.15) is 0 Å². The highest BCUT2D eigenvalue weighted by molar-refractivity contribution is 6.21. The number of nitrogens with one attached hydrogen (secondary N) is 2. The molecule has 3 rings (SSSR count). The van der Waals surface area contributed by atoms with Crippen molar-refractivity contribution in [3.8, 4) is 0 Å². The van der Waals surface area contributed by atoms with E-state index in [4.69, 9.17) is 5.41 Å². The number of pyridine rings is 1. The Kier molecular flexibility index (Phi) is 4.27. The van der Waals surface area contributed by atoms with E-state index in [1.54, 1.807) is 25.1 Å². The Morgan fingerprint density at radius 2 is 1.96 bits per heavy atom. The normalized spacial score (nSPS) is 17.5. The van der Waals surface area contributed by atoms with Crippen molar-refractivity contribution in [2.75, 3.05) is 12.4 Å². The summed E-state index contributed by atoms with van der Waals surface area (Å²) in [5.74, 6) is 0.0458. The van der Waals surface area contributed by atoms with Gasteiger partial charge in [-0.1, -0.05) is 30.3 Å². The maximum atomic E-state index is 12.3. The lowest BCUT2D eigenvalue weighted by molar-refractivity contribution is 0.209. The lowest BCUT2D eigenvalue weighted by Gasteiger charge is -2.35. The highest BCUT2D eigenvalue weighted by Gasteiger charge is 2.32. The number of aromatic nitrogens is 1. The number of urea groups is 1. The van der Waals surface area contributed by atoms with Crippen molar-refractivity contribution in [2.45, 2.75) is 19.9 Å². The van der Waals surface area contributed by atoms with Gasteiger partial charge in [0.25, 0.3) is 0 Å². The Morgan fingerprint density at radius 3 is 2.56 bits per heavy atom. The summed E-state index contributed by atoms with van der Waals surface area (Å²) in [6.07, 6.45) is 1.58. The van der Waals surface area contributed by atoms with Crippen LogP contribution in [0.4, 0.5) is 10.5 Å². The Bertz CT molecular complexity index is 870. The van der Waals surface area contributed by atoms with Gasteiger partial charge in [-0.25, -0.2) is 4.79 Å². The number of allylic oxidation sites excluding steroid dienone is 2. The number of nitrogens with zero attached hydrogens (tertiary/aromatic N) is 2. The molecule has 0 fully saturated rings. The average molecular weight is 336 g/mol. The van der Waals surface area contributed by atoms with Crippen LogP contribution in [0.1, 0.15) is 36.7 Å². The van der Waals surface area contributed by atoms with Crippen LogP contribution in [0.15, 0.2) is 48.4 Å². The second-order valence-electron chi connectivity index (χ2n) is 6.10. The molecular weight excluding hydrogens is 316 g/mol. The molecule has 0 bridgehead atoms. The summed E-state index contributed by atoms with van der Waals surface area (Å²) in [5, 5.41) is 20.7. The van der Waals surface area contributed by atoms with E-state index in [1.807, 2.05) is 36.4 Å². The number of carbonyl (C=O) groups is 1. The molecule has 2 aromatic rings. The van der Waals surface area contributed by atoms with Crippen LogP contribution in [0.2, 0.25) is 0 Å². The molecule has 0 unspecified atom stereocenters. The first kappa shape index (κ1) is 16.7. The topological polar surface area (TPSA) is 89.3 Å². The quantitative estimate of drug-likeness (QED) is 0.585. The van der Waals surface area contributed by atoms with Gasteiger partial charge in [-0.15, -0.1) is 0 Å². The van der Waals surface area contributed by atoms with Gasteiger partial charge in [0.1, 0.15) is 5.76 Å². The maximum Gasteiger partial charge on any atom is 0.322 e. The van der Waals surface area contributed by atoms with Crippen LogP contribution in [-0.2, 0) is 0 Å². The molecule has 1 aromatic heterocycles. The van der Waals surface area contributed by atoms with E-state index < -0.39 is 0 Å². The molecule has 1 aliphatic rings. The smallest absolute Gasteiger partial charge is 0.322 e. The second kappa shape index (κ2) is 6.39. The molecule has 2 amide bonds. The third kappa shape index (κ3) is 2.98. The summed E-state index contributed by atoms with van der Waals surface area (Å²) >= 11 is 0. The number of fused-ring (bicyclic) bond motifs is 1. The lowest BCUT2D eigenvalue weighted by Crippen LogP contribution is -2.40. The lowest BCUT2D eigenvalue weighted by atomic mass is 9.93. The largest absolute Gasteiger partial charge is 0.512 e. The van der Waals surface area contributed by atoms with E-state index in [0.717, 1.165) is 11.1 Å². The number of anilines is 1. The number of aliphatic hydroxyl groups is 1. The molecule has 0 spiro atoms. The van der Waals surface area contributed by atoms with E-state index >= 15 is 0 Å². The number of rotatable bonds is 3. The van der Waals surface area contributed by atoms with Crippen molar-refractivity contribution < 1.29 is 9.90 Å². The van der Waals surface area contributed by atoms with E-state index in [2.05, 4.69) is 10.3 Å². The summed E-state index contributed by atoms with van der Waals surface area (Å²) in [6, 6.07) is 11.1. The van der Waals surface area contributed by atoms with E-state index in [1.165, 1.54) is 6.92 Å². The monoisotopic (exact) mass is 336 g/mol. The van der Waals surface area contributed by atoms with Crippen LogP contribution >= 0.6 is 0 Å². The molecule has 25 heavy (non-hydrogen) atoms. The van der Waals surface area contributed by atoms with Gasteiger partial charge in [0.2, 0.25) is 0 Å². The van der Waals surface area contributed by atoms with Crippen molar-refractivity contribution in [3.05, 3.63) is 65.2 Å². The van der Waals surface area contributed by atoms with Gasteiger partial charge in [0.15, 0.2) is 0 Å². The molecule has 0 radical (unpaired) electrons. The standard InChI is InChI=1S/C19H20N4O2/c1-11(20)17(12(2)24)15-9-14-16(10-21-15)22-19(25)23(3)18(14)13-7-5-4-6-8-13/h4-10,18,20,24H,1-3H3,(H,22,25)/b17-12+,20-11?/t18-/m0/s1. The number of benzene rings is 1. The molecule has 1 atom stereocenters. The Hall–Kier alpha value is -3.15. The number of carbonyl (C=O) groups excluding carboxylic acids is 1. The Labute approximate surface area is 146 Å². The first-order valence-corrected chi connectivity index (χ1v) is 7.94.